The van der Waals surface area contributed by atoms with Crippen molar-refractivity contribution in [2.45, 2.75) is 38.6 Å². The Kier molecular flexibility index (Phi) is 3.33. The number of hydrogen-bond acceptors (Lipinski definition) is 3. The van der Waals surface area contributed by atoms with E-state index in [4.69, 9.17) is 5.73 Å². The van der Waals surface area contributed by atoms with E-state index in [0.29, 0.717) is 0 Å². The lowest BCUT2D eigenvalue weighted by Crippen LogP contribution is -2.49. The first-order chi connectivity index (χ1) is 6.04. The predicted octanol–water partition coefficient (Wildman–Crippen LogP) is -0.523. The summed E-state index contributed by atoms with van der Waals surface area (Å²) in [5.74, 6) is -0.0816. The third-order valence-electron chi connectivity index (χ3n) is 2.53. The highest BCUT2D eigenvalue weighted by molar-refractivity contribution is 6.51. The second kappa shape index (κ2) is 4.11. The standard InChI is InChI=1S/C8H17BN2O2/c1-6(10)8(12)11-5-3-4-7(11)9(2)13/h6-7,13H,3-5,10H2,1-2H3/t6-,7-/m0/s1. The van der Waals surface area contributed by atoms with E-state index in [1.807, 2.05) is 0 Å². The van der Waals surface area contributed by atoms with Gasteiger partial charge in [-0.25, -0.2) is 0 Å². The number of rotatable bonds is 2. The van der Waals surface area contributed by atoms with E-state index in [9.17, 15) is 9.82 Å². The first-order valence-corrected chi connectivity index (χ1v) is 4.78. The molecule has 0 unspecified atom stereocenters. The summed E-state index contributed by atoms with van der Waals surface area (Å²) in [7, 11) is 0. The number of amides is 1. The van der Waals surface area contributed by atoms with Gasteiger partial charge in [-0.05, 0) is 19.8 Å². The lowest BCUT2D eigenvalue weighted by molar-refractivity contribution is -0.132. The summed E-state index contributed by atoms with van der Waals surface area (Å²) >= 11 is 0. The zero-order valence-corrected chi connectivity index (χ0v) is 8.23. The van der Waals surface area contributed by atoms with Crippen LogP contribution < -0.4 is 5.73 Å². The first kappa shape index (κ1) is 10.5. The number of hydrogen-bond donors (Lipinski definition) is 2. The largest absolute Gasteiger partial charge is 0.449 e. The molecule has 2 atom stereocenters. The smallest absolute Gasteiger partial charge is 0.309 e. The second-order valence-corrected chi connectivity index (χ2v) is 3.77. The van der Waals surface area contributed by atoms with Gasteiger partial charge in [-0.2, -0.15) is 0 Å². The molecule has 0 saturated carbocycles. The van der Waals surface area contributed by atoms with Gasteiger partial charge in [0, 0.05) is 12.5 Å². The van der Waals surface area contributed by atoms with Crippen LogP contribution >= 0.6 is 0 Å². The molecule has 0 aliphatic carbocycles. The fourth-order valence-corrected chi connectivity index (χ4v) is 1.83. The van der Waals surface area contributed by atoms with Crippen molar-refractivity contribution < 1.29 is 9.82 Å². The van der Waals surface area contributed by atoms with E-state index in [-0.39, 0.29) is 11.8 Å². The maximum absolute atomic E-state index is 11.5. The van der Waals surface area contributed by atoms with Crippen molar-refractivity contribution in [1.29, 1.82) is 0 Å². The topological polar surface area (TPSA) is 66.6 Å². The van der Waals surface area contributed by atoms with Crippen LogP contribution in [0.2, 0.25) is 6.82 Å². The number of nitrogens with zero attached hydrogens (tertiary/aromatic N) is 1. The summed E-state index contributed by atoms with van der Waals surface area (Å²) in [6, 6.07) is -0.459. The Labute approximate surface area is 79.2 Å². The predicted molar refractivity (Wildman–Crippen MR) is 52.2 cm³/mol. The number of nitrogens with two attached hydrogens (primary N) is 1. The minimum atomic E-state index is -0.459. The Morgan fingerprint density at radius 3 is 2.85 bits per heavy atom. The van der Waals surface area contributed by atoms with E-state index < -0.39 is 13.0 Å². The van der Waals surface area contributed by atoms with Crippen LogP contribution in [0, 0.1) is 0 Å². The summed E-state index contributed by atoms with van der Waals surface area (Å²) < 4.78 is 0. The molecule has 0 spiro atoms. The Balaban J connectivity index is 2.63. The Bertz CT molecular complexity index is 197. The van der Waals surface area contributed by atoms with Gasteiger partial charge in [0.2, 0.25) is 5.91 Å². The third-order valence-corrected chi connectivity index (χ3v) is 2.53. The Morgan fingerprint density at radius 1 is 1.77 bits per heavy atom. The van der Waals surface area contributed by atoms with Crippen LogP contribution in [-0.2, 0) is 4.79 Å². The zero-order chi connectivity index (χ0) is 10.0. The van der Waals surface area contributed by atoms with Crippen LogP contribution in [0.25, 0.3) is 0 Å². The molecule has 4 nitrogen and oxygen atoms in total. The average Bonchev–Trinajstić information content (AvgIpc) is 2.50. The van der Waals surface area contributed by atoms with Crippen molar-refractivity contribution in [3.8, 4) is 0 Å². The first-order valence-electron chi connectivity index (χ1n) is 4.78. The van der Waals surface area contributed by atoms with Crippen molar-refractivity contribution in [3.05, 3.63) is 0 Å². The molecule has 5 heteroatoms. The lowest BCUT2D eigenvalue weighted by Gasteiger charge is -2.26. The minimum Gasteiger partial charge on any atom is -0.449 e. The van der Waals surface area contributed by atoms with Crippen molar-refractivity contribution in [1.82, 2.24) is 4.90 Å². The molecule has 1 fully saturated rings. The van der Waals surface area contributed by atoms with Crippen LogP contribution in [0.1, 0.15) is 19.8 Å². The highest BCUT2D eigenvalue weighted by Crippen LogP contribution is 2.19. The molecule has 0 aromatic rings. The molecule has 13 heavy (non-hydrogen) atoms. The van der Waals surface area contributed by atoms with Crippen molar-refractivity contribution in [2.75, 3.05) is 6.54 Å². The van der Waals surface area contributed by atoms with E-state index in [0.717, 1.165) is 19.4 Å². The average molecular weight is 184 g/mol. The molecular weight excluding hydrogens is 167 g/mol. The molecule has 1 saturated heterocycles. The summed E-state index contributed by atoms with van der Waals surface area (Å²) in [5, 5.41) is 9.42. The maximum Gasteiger partial charge on any atom is 0.309 e. The molecule has 74 valence electrons. The highest BCUT2D eigenvalue weighted by Gasteiger charge is 2.34. The quantitative estimate of drug-likeness (QED) is 0.567. The molecule has 1 aliphatic heterocycles. The van der Waals surface area contributed by atoms with Gasteiger partial charge in [0.25, 0.3) is 0 Å². The molecule has 0 radical (unpaired) electrons. The van der Waals surface area contributed by atoms with Gasteiger partial charge in [-0.3, -0.25) is 4.79 Å². The summed E-state index contributed by atoms with van der Waals surface area (Å²) in [6.07, 6.45) is 1.85. The number of carbonyl (C=O) groups excluding carboxylic acids is 1. The van der Waals surface area contributed by atoms with Crippen LogP contribution in [0.4, 0.5) is 0 Å². The number of likely N-dealkylation sites (tertiary alicyclic amines) is 1. The third kappa shape index (κ3) is 2.22. The van der Waals surface area contributed by atoms with Gasteiger partial charge in [-0.1, -0.05) is 6.82 Å². The van der Waals surface area contributed by atoms with E-state index in [1.165, 1.54) is 0 Å². The van der Waals surface area contributed by atoms with Gasteiger partial charge >= 0.3 is 6.92 Å². The van der Waals surface area contributed by atoms with Gasteiger partial charge in [0.1, 0.15) is 0 Å². The summed E-state index contributed by atoms with van der Waals surface area (Å²) in [5.41, 5.74) is 5.51. The normalized spacial score (nSPS) is 24.6. The van der Waals surface area contributed by atoms with Crippen LogP contribution in [-0.4, -0.2) is 41.3 Å². The van der Waals surface area contributed by atoms with Gasteiger partial charge in [-0.15, -0.1) is 0 Å². The SMILES string of the molecule is CB(O)[C@@H]1CCCN1C(=O)[C@H](C)N. The molecule has 0 aromatic carbocycles. The van der Waals surface area contributed by atoms with Gasteiger partial charge in [0.15, 0.2) is 0 Å². The monoisotopic (exact) mass is 184 g/mol. The molecule has 3 N–H and O–H groups in total. The Morgan fingerprint density at radius 2 is 2.38 bits per heavy atom. The molecule has 1 heterocycles. The number of carbonyl (C=O) groups is 1. The fourth-order valence-electron chi connectivity index (χ4n) is 1.83. The summed E-state index contributed by atoms with van der Waals surface area (Å²) in [6.45, 7) is 3.68. The second-order valence-electron chi connectivity index (χ2n) is 3.77. The molecule has 1 amide bonds. The summed E-state index contributed by atoms with van der Waals surface area (Å²) in [4.78, 5) is 13.3. The molecule has 1 rings (SSSR count). The molecule has 0 bridgehead atoms. The molecule has 1 aliphatic rings. The maximum atomic E-state index is 11.5. The van der Waals surface area contributed by atoms with Crippen molar-refractivity contribution in [3.63, 3.8) is 0 Å². The van der Waals surface area contributed by atoms with E-state index in [2.05, 4.69) is 0 Å². The van der Waals surface area contributed by atoms with Gasteiger partial charge in [0.05, 0.1) is 6.04 Å². The minimum absolute atomic E-state index is 0.0292. The van der Waals surface area contributed by atoms with E-state index >= 15 is 0 Å². The zero-order valence-electron chi connectivity index (χ0n) is 8.23. The highest BCUT2D eigenvalue weighted by atomic mass is 16.2. The van der Waals surface area contributed by atoms with Crippen LogP contribution in [0.3, 0.4) is 0 Å². The van der Waals surface area contributed by atoms with Crippen molar-refractivity contribution >= 4 is 12.8 Å². The van der Waals surface area contributed by atoms with Crippen LogP contribution in [0.5, 0.6) is 0 Å². The molecular formula is C8H17BN2O2. The van der Waals surface area contributed by atoms with Crippen molar-refractivity contribution in [2.24, 2.45) is 5.73 Å². The lowest BCUT2D eigenvalue weighted by atomic mass is 9.62. The van der Waals surface area contributed by atoms with Crippen LogP contribution in [0.15, 0.2) is 0 Å². The van der Waals surface area contributed by atoms with Gasteiger partial charge < -0.3 is 15.7 Å². The fraction of sp³-hybridized carbons (Fsp3) is 0.875. The van der Waals surface area contributed by atoms with E-state index in [1.54, 1.807) is 18.6 Å². The molecule has 0 aromatic heterocycles. The Hall–Kier alpha value is -0.545.